The third-order valence-electron chi connectivity index (χ3n) is 5.66. The Morgan fingerprint density at radius 3 is 2.19 bits per heavy atom. The van der Waals surface area contributed by atoms with Crippen LogP contribution in [0.5, 0.6) is 5.75 Å². The van der Waals surface area contributed by atoms with E-state index in [1.54, 1.807) is 53.7 Å². The van der Waals surface area contributed by atoms with Gasteiger partial charge in [0.05, 0.1) is 7.11 Å². The van der Waals surface area contributed by atoms with Gasteiger partial charge in [0, 0.05) is 6.04 Å². The minimum absolute atomic E-state index is 0.0407. The largest absolute Gasteiger partial charge is 0.508 e. The van der Waals surface area contributed by atoms with Gasteiger partial charge in [-0.25, -0.2) is 4.79 Å². The zero-order valence-electron chi connectivity index (χ0n) is 22.8. The fraction of sp³-hybridized carbons (Fsp3) is 0.615. The number of rotatable bonds is 10. The Balaban J connectivity index is 3.53. The predicted octanol–water partition coefficient (Wildman–Crippen LogP) is 3.21. The van der Waals surface area contributed by atoms with Gasteiger partial charge in [-0.05, 0) is 70.7 Å². The molecule has 1 aromatic rings. The number of nitrogens with one attached hydrogen (secondary N) is 2. The summed E-state index contributed by atoms with van der Waals surface area (Å²) < 4.78 is 9.99. The molecule has 0 heterocycles. The summed E-state index contributed by atoms with van der Waals surface area (Å²) in [6, 6.07) is 2.02. The van der Waals surface area contributed by atoms with Gasteiger partial charge in [0.25, 0.3) is 0 Å². The van der Waals surface area contributed by atoms with Gasteiger partial charge in [-0.1, -0.05) is 26.3 Å². The summed E-state index contributed by atoms with van der Waals surface area (Å²) in [4.78, 5) is 53.0. The van der Waals surface area contributed by atoms with Crippen molar-refractivity contribution in [1.29, 1.82) is 0 Å². The standard InChI is InChI=1S/C26H41N3O7/c1-10-16(4)21(28-25(34)36-26(6,7)8)24(33)29(15(2)3)22(23(32)27-14-20(31)35-9)18-11-12-19(30)17(5)13-18/h11-13,15-16,21-22,30H,10,14H2,1-9H3,(H,27,32)(H,28,34). The topological polar surface area (TPSA) is 134 Å². The maximum absolute atomic E-state index is 14.0. The lowest BCUT2D eigenvalue weighted by atomic mass is 9.94. The lowest BCUT2D eigenvalue weighted by Crippen LogP contribution is -2.57. The first-order chi connectivity index (χ1) is 16.6. The van der Waals surface area contributed by atoms with Crippen molar-refractivity contribution in [3.63, 3.8) is 0 Å². The van der Waals surface area contributed by atoms with E-state index in [1.165, 1.54) is 18.1 Å². The molecule has 0 radical (unpaired) electrons. The highest BCUT2D eigenvalue weighted by Crippen LogP contribution is 2.29. The Bertz CT molecular complexity index is 940. The number of methoxy groups -OCH3 is 1. The number of amides is 3. The first-order valence-corrected chi connectivity index (χ1v) is 12.1. The zero-order chi connectivity index (χ0) is 27.8. The molecule has 10 nitrogen and oxygen atoms in total. The summed E-state index contributed by atoms with van der Waals surface area (Å²) >= 11 is 0. The summed E-state index contributed by atoms with van der Waals surface area (Å²) in [7, 11) is 1.21. The summed E-state index contributed by atoms with van der Waals surface area (Å²) in [5.41, 5.74) is 0.194. The molecule has 0 spiro atoms. The predicted molar refractivity (Wildman–Crippen MR) is 135 cm³/mol. The van der Waals surface area contributed by atoms with Gasteiger partial charge in [-0.2, -0.15) is 0 Å². The average Bonchev–Trinajstić information content (AvgIpc) is 2.78. The van der Waals surface area contributed by atoms with Crippen LogP contribution < -0.4 is 10.6 Å². The van der Waals surface area contributed by atoms with Gasteiger partial charge in [0.1, 0.15) is 30.0 Å². The summed E-state index contributed by atoms with van der Waals surface area (Å²) in [6.07, 6.45) is -0.160. The van der Waals surface area contributed by atoms with Crippen molar-refractivity contribution in [2.45, 2.75) is 85.5 Å². The van der Waals surface area contributed by atoms with E-state index in [0.717, 1.165) is 0 Å². The fourth-order valence-corrected chi connectivity index (χ4v) is 3.57. The highest BCUT2D eigenvalue weighted by Gasteiger charge is 2.39. The van der Waals surface area contributed by atoms with E-state index in [4.69, 9.17) is 4.74 Å². The molecule has 3 atom stereocenters. The van der Waals surface area contributed by atoms with Crippen molar-refractivity contribution in [2.75, 3.05) is 13.7 Å². The Hall–Kier alpha value is -3.30. The number of aromatic hydroxyl groups is 1. The van der Waals surface area contributed by atoms with Crippen LogP contribution in [0.1, 0.15) is 72.1 Å². The molecule has 0 fully saturated rings. The molecule has 0 saturated carbocycles. The van der Waals surface area contributed by atoms with Gasteiger partial charge in [-0.3, -0.25) is 14.4 Å². The SMILES string of the molecule is CCC(C)C(NC(=O)OC(C)(C)C)C(=O)N(C(C)C)C(C(=O)NCC(=O)OC)c1ccc(O)c(C)c1. The van der Waals surface area contributed by atoms with Crippen molar-refractivity contribution >= 4 is 23.9 Å². The minimum atomic E-state index is -1.14. The molecule has 0 aromatic heterocycles. The second-order valence-electron chi connectivity index (χ2n) is 10.1. The minimum Gasteiger partial charge on any atom is -0.508 e. The Kier molecular flexibility index (Phi) is 11.2. The number of nitrogens with zero attached hydrogens (tertiary/aromatic N) is 1. The molecular formula is C26H41N3O7. The number of hydrogen-bond donors (Lipinski definition) is 3. The maximum atomic E-state index is 14.0. The summed E-state index contributed by atoms with van der Waals surface area (Å²) in [6.45, 7) is 13.7. The smallest absolute Gasteiger partial charge is 0.408 e. The fourth-order valence-electron chi connectivity index (χ4n) is 3.57. The number of hydrogen-bond acceptors (Lipinski definition) is 7. The van der Waals surface area contributed by atoms with E-state index in [0.29, 0.717) is 17.5 Å². The number of phenols is 1. The van der Waals surface area contributed by atoms with Crippen LogP contribution >= 0.6 is 0 Å². The highest BCUT2D eigenvalue weighted by atomic mass is 16.6. The molecule has 3 unspecified atom stereocenters. The molecule has 10 heteroatoms. The number of phenolic OH excluding ortho intramolecular Hbond substituents is 1. The summed E-state index contributed by atoms with van der Waals surface area (Å²) in [5.74, 6) is -1.96. The molecule has 3 amide bonds. The summed E-state index contributed by atoms with van der Waals surface area (Å²) in [5, 5.41) is 15.2. The van der Waals surface area contributed by atoms with E-state index in [1.807, 2.05) is 13.8 Å². The van der Waals surface area contributed by atoms with Crippen LogP contribution in [-0.4, -0.2) is 65.2 Å². The molecule has 0 aliphatic carbocycles. The lowest BCUT2D eigenvalue weighted by molar-refractivity contribution is -0.146. The molecule has 3 N–H and O–H groups in total. The molecule has 202 valence electrons. The monoisotopic (exact) mass is 507 g/mol. The van der Waals surface area contributed by atoms with Crippen LogP contribution in [0.4, 0.5) is 4.79 Å². The first kappa shape index (κ1) is 30.7. The van der Waals surface area contributed by atoms with Crippen molar-refractivity contribution in [1.82, 2.24) is 15.5 Å². The van der Waals surface area contributed by atoms with Crippen LogP contribution in [0.25, 0.3) is 0 Å². The zero-order valence-corrected chi connectivity index (χ0v) is 22.8. The van der Waals surface area contributed by atoms with E-state index in [9.17, 15) is 24.3 Å². The second-order valence-corrected chi connectivity index (χ2v) is 10.1. The molecule has 36 heavy (non-hydrogen) atoms. The van der Waals surface area contributed by atoms with Gasteiger partial charge in [0.2, 0.25) is 11.8 Å². The third-order valence-corrected chi connectivity index (χ3v) is 5.66. The molecule has 0 aliphatic rings. The molecule has 0 bridgehead atoms. The molecular weight excluding hydrogens is 466 g/mol. The third kappa shape index (κ3) is 8.73. The second kappa shape index (κ2) is 13.1. The van der Waals surface area contributed by atoms with E-state index < -0.39 is 47.6 Å². The van der Waals surface area contributed by atoms with Crippen molar-refractivity contribution in [3.8, 4) is 5.75 Å². The van der Waals surface area contributed by atoms with Crippen molar-refractivity contribution < 1.29 is 33.8 Å². The Morgan fingerprint density at radius 1 is 1.11 bits per heavy atom. The van der Waals surface area contributed by atoms with Gasteiger partial charge in [-0.15, -0.1) is 0 Å². The number of aryl methyl sites for hydroxylation is 1. The molecule has 0 saturated heterocycles. The molecule has 1 aromatic carbocycles. The van der Waals surface area contributed by atoms with Crippen LogP contribution in [0.2, 0.25) is 0 Å². The van der Waals surface area contributed by atoms with Gasteiger partial charge >= 0.3 is 12.1 Å². The Labute approximate surface area is 213 Å². The molecule has 0 aliphatic heterocycles. The van der Waals surface area contributed by atoms with Crippen LogP contribution in [0, 0.1) is 12.8 Å². The van der Waals surface area contributed by atoms with Crippen molar-refractivity contribution in [3.05, 3.63) is 29.3 Å². The maximum Gasteiger partial charge on any atom is 0.408 e. The van der Waals surface area contributed by atoms with Gasteiger partial charge < -0.3 is 30.1 Å². The van der Waals surface area contributed by atoms with E-state index in [2.05, 4.69) is 15.4 Å². The van der Waals surface area contributed by atoms with Gasteiger partial charge in [0.15, 0.2) is 0 Å². The Morgan fingerprint density at radius 2 is 1.72 bits per heavy atom. The molecule has 1 rings (SSSR count). The average molecular weight is 508 g/mol. The van der Waals surface area contributed by atoms with Crippen LogP contribution in [-0.2, 0) is 23.9 Å². The van der Waals surface area contributed by atoms with E-state index >= 15 is 0 Å². The quantitative estimate of drug-likeness (QED) is 0.414. The number of carbonyl (C=O) groups is 4. The number of carbonyl (C=O) groups excluding carboxylic acids is 4. The van der Waals surface area contributed by atoms with Crippen molar-refractivity contribution in [2.24, 2.45) is 5.92 Å². The van der Waals surface area contributed by atoms with E-state index in [-0.39, 0.29) is 18.2 Å². The first-order valence-electron chi connectivity index (χ1n) is 12.1. The number of esters is 1. The number of ether oxygens (including phenoxy) is 2. The number of benzene rings is 1. The van der Waals surface area contributed by atoms with Crippen LogP contribution in [0.3, 0.4) is 0 Å². The lowest BCUT2D eigenvalue weighted by Gasteiger charge is -2.38. The number of alkyl carbamates (subject to hydrolysis) is 1. The van der Waals surface area contributed by atoms with Crippen LogP contribution in [0.15, 0.2) is 18.2 Å². The normalized spacial score (nSPS) is 13.8. The highest BCUT2D eigenvalue weighted by molar-refractivity contribution is 5.93.